The van der Waals surface area contributed by atoms with E-state index in [0.717, 1.165) is 0 Å². The molecule has 1 aromatic heterocycles. The van der Waals surface area contributed by atoms with E-state index in [1.165, 1.54) is 23.9 Å². The van der Waals surface area contributed by atoms with Gasteiger partial charge in [-0.15, -0.1) is 0 Å². The lowest BCUT2D eigenvalue weighted by Gasteiger charge is -2.02. The van der Waals surface area contributed by atoms with Gasteiger partial charge in [0.05, 0.1) is 6.42 Å². The molecule has 0 fully saturated rings. The molecule has 5 nitrogen and oxygen atoms in total. The summed E-state index contributed by atoms with van der Waals surface area (Å²) >= 11 is 0. The molecule has 0 aliphatic carbocycles. The Morgan fingerprint density at radius 2 is 2.31 bits per heavy atom. The van der Waals surface area contributed by atoms with Gasteiger partial charge in [0.2, 0.25) is 0 Å². The number of hydrogen-bond acceptors (Lipinski definition) is 3. The molecule has 1 aromatic rings. The second kappa shape index (κ2) is 3.30. The van der Waals surface area contributed by atoms with Gasteiger partial charge in [-0.1, -0.05) is 0 Å². The highest BCUT2D eigenvalue weighted by atomic mass is 16.4. The van der Waals surface area contributed by atoms with E-state index in [4.69, 9.17) is 10.8 Å². The van der Waals surface area contributed by atoms with Crippen molar-refractivity contribution in [3.8, 4) is 0 Å². The molecule has 1 rings (SSSR count). The van der Waals surface area contributed by atoms with Gasteiger partial charge >= 0.3 is 5.97 Å². The van der Waals surface area contributed by atoms with Gasteiger partial charge in [0, 0.05) is 24.5 Å². The molecule has 0 radical (unpaired) electrons. The molecule has 0 amide bonds. The van der Waals surface area contributed by atoms with E-state index in [1.54, 1.807) is 0 Å². The summed E-state index contributed by atoms with van der Waals surface area (Å²) in [6.45, 7) is 0. The van der Waals surface area contributed by atoms with Crippen LogP contribution in [0.4, 0.5) is 5.69 Å². The van der Waals surface area contributed by atoms with E-state index >= 15 is 0 Å². The van der Waals surface area contributed by atoms with Crippen LogP contribution in [-0.2, 0) is 18.3 Å². The minimum atomic E-state index is -1.04. The number of nitrogens with two attached hydrogens (primary N) is 1. The van der Waals surface area contributed by atoms with Crippen LogP contribution < -0.4 is 11.3 Å². The van der Waals surface area contributed by atoms with Crippen LogP contribution in [0.2, 0.25) is 0 Å². The Kier molecular flexibility index (Phi) is 2.36. The molecule has 0 bridgehead atoms. The van der Waals surface area contributed by atoms with E-state index in [1.807, 2.05) is 0 Å². The lowest BCUT2D eigenvalue weighted by atomic mass is 10.2. The molecule has 0 saturated carbocycles. The number of carboxylic acids is 1. The standard InChI is InChI=1S/C8H10N2O3/c1-10-4-6(9)2-5(8(10)13)3-7(11)12/h2,4H,3,9H2,1H3,(H,11,12). The van der Waals surface area contributed by atoms with Crippen molar-refractivity contribution in [2.75, 3.05) is 5.73 Å². The SMILES string of the molecule is Cn1cc(N)cc(CC(=O)O)c1=O. The fraction of sp³-hybridized carbons (Fsp3) is 0.250. The van der Waals surface area contributed by atoms with Crippen LogP contribution in [0, 0.1) is 0 Å². The Balaban J connectivity index is 3.21. The van der Waals surface area contributed by atoms with Crippen LogP contribution in [0.5, 0.6) is 0 Å². The number of nitrogens with zero attached hydrogens (tertiary/aromatic N) is 1. The summed E-state index contributed by atoms with van der Waals surface area (Å²) in [5, 5.41) is 8.48. The highest BCUT2D eigenvalue weighted by Crippen LogP contribution is 2.01. The summed E-state index contributed by atoms with van der Waals surface area (Å²) in [4.78, 5) is 21.7. The molecule has 3 N–H and O–H groups in total. The largest absolute Gasteiger partial charge is 0.481 e. The zero-order valence-electron chi connectivity index (χ0n) is 7.15. The Bertz CT molecular complexity index is 395. The number of rotatable bonds is 2. The van der Waals surface area contributed by atoms with Gasteiger partial charge < -0.3 is 15.4 Å². The first-order valence-corrected chi connectivity index (χ1v) is 3.67. The fourth-order valence-electron chi connectivity index (χ4n) is 1.10. The van der Waals surface area contributed by atoms with Crippen LogP contribution >= 0.6 is 0 Å². The zero-order chi connectivity index (χ0) is 10.0. The third-order valence-corrected chi connectivity index (χ3v) is 1.62. The molecule has 70 valence electrons. The molecule has 5 heteroatoms. The van der Waals surface area contributed by atoms with Crippen LogP contribution in [0.15, 0.2) is 17.1 Å². The molecule has 0 saturated heterocycles. The van der Waals surface area contributed by atoms with E-state index in [9.17, 15) is 9.59 Å². The average molecular weight is 182 g/mol. The fourth-order valence-corrected chi connectivity index (χ4v) is 1.10. The summed E-state index contributed by atoms with van der Waals surface area (Å²) in [6, 6.07) is 1.39. The number of carbonyl (C=O) groups is 1. The van der Waals surface area contributed by atoms with Crippen molar-refractivity contribution < 1.29 is 9.90 Å². The van der Waals surface area contributed by atoms with Gasteiger partial charge in [-0.2, -0.15) is 0 Å². The lowest BCUT2D eigenvalue weighted by molar-refractivity contribution is -0.136. The van der Waals surface area contributed by atoms with Crippen LogP contribution in [0.1, 0.15) is 5.56 Å². The van der Waals surface area contributed by atoms with Crippen LogP contribution in [-0.4, -0.2) is 15.6 Å². The van der Waals surface area contributed by atoms with Gasteiger partial charge in [0.1, 0.15) is 0 Å². The van der Waals surface area contributed by atoms with Gasteiger partial charge in [0.15, 0.2) is 0 Å². The minimum Gasteiger partial charge on any atom is -0.481 e. The first-order valence-electron chi connectivity index (χ1n) is 3.67. The molecule has 0 spiro atoms. The Morgan fingerprint density at radius 3 is 2.85 bits per heavy atom. The maximum Gasteiger partial charge on any atom is 0.308 e. The number of carboxylic acid groups (broad SMARTS) is 1. The smallest absolute Gasteiger partial charge is 0.308 e. The van der Waals surface area contributed by atoms with Gasteiger partial charge in [-0.05, 0) is 6.07 Å². The normalized spacial score (nSPS) is 9.92. The van der Waals surface area contributed by atoms with Crippen molar-refractivity contribution in [3.05, 3.63) is 28.2 Å². The highest BCUT2D eigenvalue weighted by Gasteiger charge is 2.06. The number of aromatic nitrogens is 1. The maximum absolute atomic E-state index is 11.3. The Morgan fingerprint density at radius 1 is 1.69 bits per heavy atom. The molecule has 0 aromatic carbocycles. The van der Waals surface area contributed by atoms with Crippen LogP contribution in [0.25, 0.3) is 0 Å². The van der Waals surface area contributed by atoms with Gasteiger partial charge in [-0.3, -0.25) is 9.59 Å². The molecule has 1 heterocycles. The quantitative estimate of drug-likeness (QED) is 0.651. The first kappa shape index (κ1) is 9.31. The number of nitrogen functional groups attached to an aromatic ring is 1. The molecular weight excluding hydrogens is 172 g/mol. The summed E-state index contributed by atoms with van der Waals surface area (Å²) < 4.78 is 1.27. The third-order valence-electron chi connectivity index (χ3n) is 1.62. The number of pyridine rings is 1. The second-order valence-electron chi connectivity index (χ2n) is 2.79. The van der Waals surface area contributed by atoms with Crippen molar-refractivity contribution in [1.82, 2.24) is 4.57 Å². The summed E-state index contributed by atoms with van der Waals surface area (Å²) in [7, 11) is 1.53. The Labute approximate surface area is 74.4 Å². The predicted octanol–water partition coefficient (Wildman–Crippen LogP) is -0.405. The van der Waals surface area contributed by atoms with Crippen molar-refractivity contribution in [2.45, 2.75) is 6.42 Å². The van der Waals surface area contributed by atoms with Crippen molar-refractivity contribution in [2.24, 2.45) is 7.05 Å². The van der Waals surface area contributed by atoms with E-state index < -0.39 is 5.97 Å². The molecule has 13 heavy (non-hydrogen) atoms. The number of anilines is 1. The van der Waals surface area contributed by atoms with Crippen molar-refractivity contribution in [1.29, 1.82) is 0 Å². The van der Waals surface area contributed by atoms with Crippen molar-refractivity contribution in [3.63, 3.8) is 0 Å². The molecule has 0 aliphatic heterocycles. The highest BCUT2D eigenvalue weighted by molar-refractivity contribution is 5.70. The molecule has 0 atom stereocenters. The molecule has 0 aliphatic rings. The number of hydrogen-bond donors (Lipinski definition) is 2. The number of aryl methyl sites for hydroxylation is 1. The maximum atomic E-state index is 11.3. The van der Waals surface area contributed by atoms with Crippen molar-refractivity contribution >= 4 is 11.7 Å². The third kappa shape index (κ3) is 2.08. The molecule has 0 unspecified atom stereocenters. The van der Waals surface area contributed by atoms with E-state index in [2.05, 4.69) is 0 Å². The summed E-state index contributed by atoms with van der Waals surface area (Å²) in [6.07, 6.45) is 1.16. The zero-order valence-corrected chi connectivity index (χ0v) is 7.15. The van der Waals surface area contributed by atoms with Gasteiger partial charge in [-0.25, -0.2) is 0 Å². The van der Waals surface area contributed by atoms with Gasteiger partial charge in [0.25, 0.3) is 5.56 Å². The first-order chi connectivity index (χ1) is 6.00. The molecular formula is C8H10N2O3. The summed E-state index contributed by atoms with van der Waals surface area (Å²) in [5.41, 5.74) is 5.72. The lowest BCUT2D eigenvalue weighted by Crippen LogP contribution is -2.23. The van der Waals surface area contributed by atoms with E-state index in [0.29, 0.717) is 5.69 Å². The summed E-state index contributed by atoms with van der Waals surface area (Å²) in [5.74, 6) is -1.04. The topological polar surface area (TPSA) is 85.3 Å². The average Bonchev–Trinajstić information content (AvgIpc) is 1.98. The second-order valence-corrected chi connectivity index (χ2v) is 2.79. The minimum absolute atomic E-state index is 0.204. The van der Waals surface area contributed by atoms with Crippen LogP contribution in [0.3, 0.4) is 0 Å². The Hall–Kier alpha value is -1.78. The predicted molar refractivity (Wildman–Crippen MR) is 47.4 cm³/mol. The monoisotopic (exact) mass is 182 g/mol. The van der Waals surface area contributed by atoms with E-state index in [-0.39, 0.29) is 17.5 Å². The number of aliphatic carboxylic acids is 1.